The molecule has 0 rings (SSSR count). The van der Waals surface area contributed by atoms with Crippen LogP contribution in [-0.4, -0.2) is 50.4 Å². The Kier molecular flexibility index (Phi) is 9.12. The highest BCUT2D eigenvalue weighted by Crippen LogP contribution is 2.38. The number of rotatable bonds is 8. The number of aliphatic hydroxyl groups is 1. The molecular weight excluding hydrogens is 352 g/mol. The van der Waals surface area contributed by atoms with E-state index in [0.717, 1.165) is 0 Å². The van der Waals surface area contributed by atoms with Gasteiger partial charge in [0.15, 0.2) is 8.32 Å². The number of nitrogens with zero attached hydrogens (tertiary/aromatic N) is 3. The first-order valence-electron chi connectivity index (χ1n) is 8.93. The van der Waals surface area contributed by atoms with Crippen molar-refractivity contribution < 1.29 is 19.1 Å². The highest BCUT2D eigenvalue weighted by Gasteiger charge is 2.42. The Morgan fingerprint density at radius 2 is 1.81 bits per heavy atom. The molecule has 0 radical (unpaired) electrons. The standard InChI is InChI=1S/C17H36N4O4Si/c1-12(10-19-21-18)14(25-26(8,9)17(5,6)7)13(11-22)20-15(23)24-16(2,3)4/h12-14,22H,10-11H2,1-9H3,(H,20,23)/t12-,13+,14+/m0/s1. The molecule has 0 spiro atoms. The minimum atomic E-state index is -2.18. The summed E-state index contributed by atoms with van der Waals surface area (Å²) >= 11 is 0. The van der Waals surface area contributed by atoms with Gasteiger partial charge in [0, 0.05) is 11.5 Å². The lowest BCUT2D eigenvalue weighted by Gasteiger charge is -2.43. The normalized spacial score (nSPS) is 16.2. The number of aliphatic hydroxyl groups excluding tert-OH is 1. The highest BCUT2D eigenvalue weighted by molar-refractivity contribution is 6.74. The van der Waals surface area contributed by atoms with E-state index in [1.807, 2.05) is 6.92 Å². The molecule has 0 aliphatic rings. The molecule has 0 aromatic carbocycles. The Hall–Kier alpha value is -1.28. The highest BCUT2D eigenvalue weighted by atomic mass is 28.4. The van der Waals surface area contributed by atoms with Gasteiger partial charge in [0.25, 0.3) is 0 Å². The molecule has 0 heterocycles. The molecule has 26 heavy (non-hydrogen) atoms. The van der Waals surface area contributed by atoms with E-state index in [-0.39, 0.29) is 24.1 Å². The summed E-state index contributed by atoms with van der Waals surface area (Å²) in [6.45, 7) is 17.6. The molecule has 0 saturated carbocycles. The molecule has 152 valence electrons. The first-order chi connectivity index (χ1) is 11.6. The van der Waals surface area contributed by atoms with Crippen LogP contribution >= 0.6 is 0 Å². The number of amides is 1. The van der Waals surface area contributed by atoms with Crippen molar-refractivity contribution in [2.75, 3.05) is 13.2 Å². The molecule has 3 atom stereocenters. The number of alkyl carbamates (subject to hydrolysis) is 1. The molecule has 0 aliphatic heterocycles. The summed E-state index contributed by atoms with van der Waals surface area (Å²) < 4.78 is 11.8. The van der Waals surface area contributed by atoms with Crippen LogP contribution in [0.15, 0.2) is 5.11 Å². The van der Waals surface area contributed by atoms with Gasteiger partial charge in [-0.2, -0.15) is 0 Å². The van der Waals surface area contributed by atoms with Gasteiger partial charge in [-0.05, 0) is 50.4 Å². The summed E-state index contributed by atoms with van der Waals surface area (Å²) in [7, 11) is -2.18. The second-order valence-corrected chi connectivity index (χ2v) is 13.9. The quantitative estimate of drug-likeness (QED) is 0.280. The maximum atomic E-state index is 12.2. The third-order valence-electron chi connectivity index (χ3n) is 4.53. The molecule has 0 saturated heterocycles. The zero-order valence-electron chi connectivity index (χ0n) is 17.7. The molecule has 2 N–H and O–H groups in total. The fourth-order valence-electron chi connectivity index (χ4n) is 2.07. The van der Waals surface area contributed by atoms with Crippen molar-refractivity contribution in [3.05, 3.63) is 10.4 Å². The van der Waals surface area contributed by atoms with Crippen molar-refractivity contribution in [3.8, 4) is 0 Å². The second kappa shape index (κ2) is 9.59. The lowest BCUT2D eigenvalue weighted by atomic mass is 9.98. The van der Waals surface area contributed by atoms with Gasteiger partial charge in [-0.25, -0.2) is 4.79 Å². The van der Waals surface area contributed by atoms with E-state index in [2.05, 4.69) is 49.2 Å². The molecule has 0 aromatic rings. The summed E-state index contributed by atoms with van der Waals surface area (Å²) in [6.07, 6.45) is -1.12. The van der Waals surface area contributed by atoms with E-state index in [1.165, 1.54) is 0 Å². The maximum absolute atomic E-state index is 12.2. The van der Waals surface area contributed by atoms with E-state index < -0.39 is 32.2 Å². The van der Waals surface area contributed by atoms with Gasteiger partial charge >= 0.3 is 6.09 Å². The van der Waals surface area contributed by atoms with Crippen LogP contribution in [0, 0.1) is 5.92 Å². The minimum absolute atomic E-state index is 0.0462. The van der Waals surface area contributed by atoms with Crippen LogP contribution in [0.3, 0.4) is 0 Å². The van der Waals surface area contributed by atoms with Crippen LogP contribution in [0.25, 0.3) is 10.4 Å². The van der Waals surface area contributed by atoms with E-state index in [4.69, 9.17) is 14.7 Å². The van der Waals surface area contributed by atoms with Crippen molar-refractivity contribution in [2.45, 2.75) is 84.3 Å². The van der Waals surface area contributed by atoms with Gasteiger partial charge < -0.3 is 19.6 Å². The summed E-state index contributed by atoms with van der Waals surface area (Å²) in [5.41, 5.74) is 7.97. The number of hydrogen-bond acceptors (Lipinski definition) is 5. The zero-order chi connectivity index (χ0) is 20.8. The van der Waals surface area contributed by atoms with Gasteiger partial charge in [-0.3, -0.25) is 0 Å². The maximum Gasteiger partial charge on any atom is 0.408 e. The average molecular weight is 389 g/mol. The summed E-state index contributed by atoms with van der Waals surface area (Å²) in [4.78, 5) is 15.0. The van der Waals surface area contributed by atoms with E-state index in [9.17, 15) is 9.90 Å². The summed E-state index contributed by atoms with van der Waals surface area (Å²) in [5, 5.41) is 16.2. The van der Waals surface area contributed by atoms with Crippen molar-refractivity contribution in [3.63, 3.8) is 0 Å². The molecule has 0 unspecified atom stereocenters. The fraction of sp³-hybridized carbons (Fsp3) is 0.941. The summed E-state index contributed by atoms with van der Waals surface area (Å²) in [6, 6.07) is -0.664. The molecule has 0 aliphatic carbocycles. The monoisotopic (exact) mass is 388 g/mol. The lowest BCUT2D eigenvalue weighted by molar-refractivity contribution is 0.0278. The molecule has 1 amide bonds. The molecule has 0 bridgehead atoms. The number of nitrogens with one attached hydrogen (secondary N) is 1. The van der Waals surface area contributed by atoms with Crippen LogP contribution < -0.4 is 5.32 Å². The fourth-order valence-corrected chi connectivity index (χ4v) is 3.50. The van der Waals surface area contributed by atoms with Gasteiger partial charge in [0.2, 0.25) is 0 Å². The van der Waals surface area contributed by atoms with Crippen molar-refractivity contribution in [2.24, 2.45) is 11.0 Å². The van der Waals surface area contributed by atoms with E-state index >= 15 is 0 Å². The second-order valence-electron chi connectivity index (χ2n) is 9.17. The van der Waals surface area contributed by atoms with Crippen LogP contribution in [0.5, 0.6) is 0 Å². The third kappa shape index (κ3) is 8.40. The van der Waals surface area contributed by atoms with Crippen molar-refractivity contribution >= 4 is 14.4 Å². The van der Waals surface area contributed by atoms with Gasteiger partial charge in [-0.1, -0.05) is 32.8 Å². The number of azide groups is 1. The number of carbonyl (C=O) groups excluding carboxylic acids is 1. The minimum Gasteiger partial charge on any atom is -0.444 e. The molecule has 8 nitrogen and oxygen atoms in total. The molecule has 0 fully saturated rings. The van der Waals surface area contributed by atoms with Gasteiger partial charge in [-0.15, -0.1) is 0 Å². The molecule has 9 heteroatoms. The van der Waals surface area contributed by atoms with Crippen LogP contribution in [0.2, 0.25) is 18.1 Å². The van der Waals surface area contributed by atoms with Crippen LogP contribution in [0.4, 0.5) is 4.79 Å². The average Bonchev–Trinajstić information content (AvgIpc) is 2.45. The SMILES string of the molecule is C[C@@H](CN=[N+]=[N-])[C@@H](O[Si](C)(C)C(C)(C)C)[C@@H](CO)NC(=O)OC(C)(C)C. The largest absolute Gasteiger partial charge is 0.444 e. The zero-order valence-corrected chi connectivity index (χ0v) is 18.7. The lowest BCUT2D eigenvalue weighted by Crippen LogP contribution is -2.56. The Morgan fingerprint density at radius 1 is 1.27 bits per heavy atom. The Morgan fingerprint density at radius 3 is 2.19 bits per heavy atom. The topological polar surface area (TPSA) is 117 Å². The predicted octanol–water partition coefficient (Wildman–Crippen LogP) is 4.21. The van der Waals surface area contributed by atoms with Crippen LogP contribution in [0.1, 0.15) is 48.5 Å². The van der Waals surface area contributed by atoms with E-state index in [0.29, 0.717) is 0 Å². The van der Waals surface area contributed by atoms with Crippen molar-refractivity contribution in [1.29, 1.82) is 0 Å². The predicted molar refractivity (Wildman–Crippen MR) is 105 cm³/mol. The summed E-state index contributed by atoms with van der Waals surface area (Å²) in [5.74, 6) is -0.188. The Balaban J connectivity index is 5.51. The smallest absolute Gasteiger partial charge is 0.408 e. The Labute approximate surface area is 158 Å². The molecule has 0 aromatic heterocycles. The first-order valence-corrected chi connectivity index (χ1v) is 11.8. The molecular formula is C17H36N4O4Si. The first kappa shape index (κ1) is 24.7. The van der Waals surface area contributed by atoms with Gasteiger partial charge in [0.1, 0.15) is 5.60 Å². The van der Waals surface area contributed by atoms with E-state index in [1.54, 1.807) is 20.8 Å². The van der Waals surface area contributed by atoms with Crippen LogP contribution in [-0.2, 0) is 9.16 Å². The Bertz CT molecular complexity index is 508. The van der Waals surface area contributed by atoms with Gasteiger partial charge in [0.05, 0.1) is 18.8 Å². The number of ether oxygens (including phenoxy) is 1. The number of carbonyl (C=O) groups is 1. The third-order valence-corrected chi connectivity index (χ3v) is 9.00. The number of hydrogen-bond donors (Lipinski definition) is 2. The van der Waals surface area contributed by atoms with Crippen molar-refractivity contribution in [1.82, 2.24) is 5.32 Å².